The molecule has 0 saturated carbocycles. The summed E-state index contributed by atoms with van der Waals surface area (Å²) in [5.74, 6) is -0.148. The molecule has 1 amide bonds. The lowest BCUT2D eigenvalue weighted by molar-refractivity contribution is 0.0959. The molecule has 6 heteroatoms. The Bertz CT molecular complexity index is 561. The van der Waals surface area contributed by atoms with Gasteiger partial charge in [0.15, 0.2) is 0 Å². The van der Waals surface area contributed by atoms with Crippen LogP contribution in [0.4, 0.5) is 4.79 Å². The molecular weight excluding hydrogens is 246 g/mol. The highest BCUT2D eigenvalue weighted by Crippen LogP contribution is 2.06. The number of benzene rings is 1. The van der Waals surface area contributed by atoms with E-state index >= 15 is 0 Å². The Morgan fingerprint density at radius 1 is 1.32 bits per heavy atom. The van der Waals surface area contributed by atoms with Crippen molar-refractivity contribution in [3.8, 4) is 0 Å². The van der Waals surface area contributed by atoms with E-state index in [1.165, 1.54) is 18.0 Å². The van der Waals surface area contributed by atoms with Crippen LogP contribution in [0, 0.1) is 0 Å². The molecule has 1 heterocycles. The number of carbonyl (C=O) groups excluding carboxylic acids is 2. The minimum Gasteiger partial charge on any atom is -0.453 e. The number of amides is 1. The van der Waals surface area contributed by atoms with Gasteiger partial charge in [-0.3, -0.25) is 9.36 Å². The van der Waals surface area contributed by atoms with E-state index in [9.17, 15) is 9.59 Å². The third-order valence-electron chi connectivity index (χ3n) is 2.56. The topological polar surface area (TPSA) is 73.2 Å². The van der Waals surface area contributed by atoms with Crippen LogP contribution in [-0.4, -0.2) is 28.7 Å². The number of hydrogen-bond donors (Lipinski definition) is 1. The van der Waals surface area contributed by atoms with E-state index in [4.69, 9.17) is 0 Å². The summed E-state index contributed by atoms with van der Waals surface area (Å²) >= 11 is 0. The molecule has 6 nitrogen and oxygen atoms in total. The van der Waals surface area contributed by atoms with E-state index in [2.05, 4.69) is 15.0 Å². The third-order valence-corrected chi connectivity index (χ3v) is 2.56. The SMILES string of the molecule is COC(=O)NCc1ccc(C(=O)n2ccnc2)cc1. The van der Waals surface area contributed by atoms with Gasteiger partial charge >= 0.3 is 6.09 Å². The summed E-state index contributed by atoms with van der Waals surface area (Å²) in [6.07, 6.45) is 4.11. The second-order valence-electron chi connectivity index (χ2n) is 3.82. The number of nitrogens with one attached hydrogen (secondary N) is 1. The number of hydrogen-bond acceptors (Lipinski definition) is 4. The summed E-state index contributed by atoms with van der Waals surface area (Å²) in [6, 6.07) is 6.97. The first kappa shape index (κ1) is 12.8. The van der Waals surface area contributed by atoms with Gasteiger partial charge in [-0.25, -0.2) is 9.78 Å². The lowest BCUT2D eigenvalue weighted by atomic mass is 10.1. The van der Waals surface area contributed by atoms with E-state index in [-0.39, 0.29) is 5.91 Å². The Labute approximate surface area is 110 Å². The van der Waals surface area contributed by atoms with Crippen molar-refractivity contribution in [2.75, 3.05) is 7.11 Å². The van der Waals surface area contributed by atoms with Gasteiger partial charge in [0.05, 0.1) is 7.11 Å². The highest BCUT2D eigenvalue weighted by atomic mass is 16.5. The molecule has 0 saturated heterocycles. The largest absolute Gasteiger partial charge is 0.453 e. The van der Waals surface area contributed by atoms with Crippen molar-refractivity contribution < 1.29 is 14.3 Å². The standard InChI is InChI=1S/C13H13N3O3/c1-19-13(18)15-8-10-2-4-11(5-3-10)12(17)16-7-6-14-9-16/h2-7,9H,8H2,1H3,(H,15,18). The number of aromatic nitrogens is 2. The molecule has 0 atom stereocenters. The molecule has 2 rings (SSSR count). The number of nitrogens with zero attached hydrogens (tertiary/aromatic N) is 2. The van der Waals surface area contributed by atoms with Crippen LogP contribution in [-0.2, 0) is 11.3 Å². The number of carbonyl (C=O) groups is 2. The first-order valence-corrected chi connectivity index (χ1v) is 5.64. The molecule has 0 bridgehead atoms. The summed E-state index contributed by atoms with van der Waals surface area (Å²) in [5.41, 5.74) is 1.44. The van der Waals surface area contributed by atoms with Gasteiger partial charge in [0, 0.05) is 24.5 Å². The van der Waals surface area contributed by atoms with E-state index in [1.807, 2.05) is 0 Å². The van der Waals surface area contributed by atoms with Crippen LogP contribution in [0.25, 0.3) is 0 Å². The number of rotatable bonds is 3. The zero-order valence-electron chi connectivity index (χ0n) is 10.4. The molecule has 0 radical (unpaired) electrons. The third kappa shape index (κ3) is 3.19. The van der Waals surface area contributed by atoms with Gasteiger partial charge in [-0.2, -0.15) is 0 Å². The predicted molar refractivity (Wildman–Crippen MR) is 67.6 cm³/mol. The summed E-state index contributed by atoms with van der Waals surface area (Å²) < 4.78 is 5.87. The summed E-state index contributed by atoms with van der Waals surface area (Å²) in [7, 11) is 1.31. The van der Waals surface area contributed by atoms with Crippen molar-refractivity contribution in [3.63, 3.8) is 0 Å². The first-order chi connectivity index (χ1) is 9.20. The molecule has 0 spiro atoms. The van der Waals surface area contributed by atoms with Gasteiger partial charge in [0.25, 0.3) is 5.91 Å². The van der Waals surface area contributed by atoms with Crippen LogP contribution in [0.2, 0.25) is 0 Å². The van der Waals surface area contributed by atoms with Crippen LogP contribution in [0.3, 0.4) is 0 Å². The molecule has 1 N–H and O–H groups in total. The highest BCUT2D eigenvalue weighted by molar-refractivity contribution is 5.95. The minimum atomic E-state index is -0.487. The fourth-order valence-electron chi connectivity index (χ4n) is 1.54. The lowest BCUT2D eigenvalue weighted by Crippen LogP contribution is -2.22. The van der Waals surface area contributed by atoms with Crippen LogP contribution in [0.5, 0.6) is 0 Å². The van der Waals surface area contributed by atoms with Gasteiger partial charge < -0.3 is 10.1 Å². The maximum Gasteiger partial charge on any atom is 0.407 e. The summed E-state index contributed by atoms with van der Waals surface area (Å²) in [4.78, 5) is 26.7. The molecule has 2 aromatic rings. The van der Waals surface area contributed by atoms with Gasteiger partial charge in [0.1, 0.15) is 6.33 Å². The quantitative estimate of drug-likeness (QED) is 0.904. The monoisotopic (exact) mass is 259 g/mol. The smallest absolute Gasteiger partial charge is 0.407 e. The average Bonchev–Trinajstić information content (AvgIpc) is 2.98. The normalized spacial score (nSPS) is 9.95. The molecule has 0 unspecified atom stereocenters. The lowest BCUT2D eigenvalue weighted by Gasteiger charge is -2.05. The second-order valence-corrected chi connectivity index (χ2v) is 3.82. The molecule has 0 aliphatic carbocycles. The van der Waals surface area contributed by atoms with Crippen molar-refractivity contribution in [3.05, 3.63) is 54.1 Å². The van der Waals surface area contributed by atoms with Crippen molar-refractivity contribution in [2.45, 2.75) is 6.54 Å². The number of alkyl carbamates (subject to hydrolysis) is 1. The summed E-state index contributed by atoms with van der Waals surface area (Å²) in [5, 5.41) is 2.56. The molecular formula is C13H13N3O3. The first-order valence-electron chi connectivity index (χ1n) is 5.64. The Morgan fingerprint density at radius 2 is 2.05 bits per heavy atom. The molecule has 0 aliphatic heterocycles. The summed E-state index contributed by atoms with van der Waals surface area (Å²) in [6.45, 7) is 0.353. The maximum absolute atomic E-state index is 12.0. The van der Waals surface area contributed by atoms with Gasteiger partial charge in [-0.15, -0.1) is 0 Å². The Balaban J connectivity index is 2.02. The van der Waals surface area contributed by atoms with E-state index in [0.717, 1.165) is 5.56 Å². The minimum absolute atomic E-state index is 0.148. The van der Waals surface area contributed by atoms with Crippen molar-refractivity contribution in [2.24, 2.45) is 0 Å². The van der Waals surface area contributed by atoms with E-state index < -0.39 is 6.09 Å². The molecule has 0 aliphatic rings. The Hall–Kier alpha value is -2.63. The van der Waals surface area contributed by atoms with Crippen LogP contribution < -0.4 is 5.32 Å². The predicted octanol–water partition coefficient (Wildman–Crippen LogP) is 1.43. The number of methoxy groups -OCH3 is 1. The molecule has 0 fully saturated rings. The van der Waals surface area contributed by atoms with Crippen LogP contribution in [0.1, 0.15) is 15.9 Å². The fraction of sp³-hybridized carbons (Fsp3) is 0.154. The van der Waals surface area contributed by atoms with E-state index in [1.54, 1.807) is 36.7 Å². The Kier molecular flexibility index (Phi) is 3.92. The van der Waals surface area contributed by atoms with Crippen molar-refractivity contribution in [1.82, 2.24) is 14.9 Å². The van der Waals surface area contributed by atoms with Crippen molar-refractivity contribution >= 4 is 12.0 Å². The van der Waals surface area contributed by atoms with Gasteiger partial charge in [-0.05, 0) is 17.7 Å². The van der Waals surface area contributed by atoms with Gasteiger partial charge in [-0.1, -0.05) is 12.1 Å². The zero-order valence-corrected chi connectivity index (χ0v) is 10.4. The number of imidazole rings is 1. The molecule has 1 aromatic heterocycles. The van der Waals surface area contributed by atoms with Crippen molar-refractivity contribution in [1.29, 1.82) is 0 Å². The van der Waals surface area contributed by atoms with Crippen LogP contribution in [0.15, 0.2) is 43.0 Å². The number of ether oxygens (including phenoxy) is 1. The maximum atomic E-state index is 12.0. The van der Waals surface area contributed by atoms with Gasteiger partial charge in [0.2, 0.25) is 0 Å². The molecule has 98 valence electrons. The highest BCUT2D eigenvalue weighted by Gasteiger charge is 2.07. The fourth-order valence-corrected chi connectivity index (χ4v) is 1.54. The second kappa shape index (κ2) is 5.81. The average molecular weight is 259 g/mol. The molecule has 19 heavy (non-hydrogen) atoms. The van der Waals surface area contributed by atoms with Crippen LogP contribution >= 0.6 is 0 Å². The molecule has 1 aromatic carbocycles. The zero-order chi connectivity index (χ0) is 13.7. The Morgan fingerprint density at radius 3 is 2.63 bits per heavy atom. The van der Waals surface area contributed by atoms with E-state index in [0.29, 0.717) is 12.1 Å².